The molecule has 1 saturated heterocycles. The fourth-order valence-corrected chi connectivity index (χ4v) is 7.82. The van der Waals surface area contributed by atoms with Gasteiger partial charge in [0.15, 0.2) is 38.9 Å². The Morgan fingerprint density at radius 3 is 1.55 bits per heavy atom. The van der Waals surface area contributed by atoms with Crippen LogP contribution in [0.3, 0.4) is 0 Å². The largest absolute Gasteiger partial charge is 0.432 e. The van der Waals surface area contributed by atoms with Crippen molar-refractivity contribution in [3.8, 4) is 0 Å². The van der Waals surface area contributed by atoms with Gasteiger partial charge in [-0.25, -0.2) is 4.79 Å². The quantitative estimate of drug-likeness (QED) is 0.335. The number of cyclic esters (lactones) is 1. The lowest BCUT2D eigenvalue weighted by molar-refractivity contribution is -0.250. The Labute approximate surface area is 182 Å². The van der Waals surface area contributed by atoms with Crippen LogP contribution in [0.15, 0.2) is 0 Å². The lowest BCUT2D eigenvalue weighted by atomic mass is 9.87. The summed E-state index contributed by atoms with van der Waals surface area (Å²) in [5.41, 5.74) is -1.17. The van der Waals surface area contributed by atoms with Crippen LogP contribution in [0.1, 0.15) is 13.3 Å². The van der Waals surface area contributed by atoms with E-state index in [1.165, 1.54) is 0 Å². The minimum absolute atomic E-state index is 0.385. The molecular formula is C19H44O6Si4. The lowest BCUT2D eigenvalue weighted by Crippen LogP contribution is -2.71. The summed E-state index contributed by atoms with van der Waals surface area (Å²) in [5.74, 6) is -0.385. The summed E-state index contributed by atoms with van der Waals surface area (Å²) in [5, 5.41) is 0. The zero-order valence-corrected chi connectivity index (χ0v) is 24.9. The van der Waals surface area contributed by atoms with Crippen LogP contribution in [-0.2, 0) is 27.2 Å². The highest BCUT2D eigenvalue weighted by atomic mass is 28.4. The summed E-state index contributed by atoms with van der Waals surface area (Å²) in [6.45, 7) is 27.3. The number of rotatable bonds is 9. The first-order valence-corrected chi connectivity index (χ1v) is 24.3. The van der Waals surface area contributed by atoms with Crippen molar-refractivity contribution in [3.63, 3.8) is 0 Å². The molecule has 4 atom stereocenters. The molecule has 10 heteroatoms. The molecule has 0 aromatic heterocycles. The molecule has 172 valence electrons. The molecule has 0 aliphatic carbocycles. The number of hydrogen-bond acceptors (Lipinski definition) is 6. The van der Waals surface area contributed by atoms with Gasteiger partial charge in [0, 0.05) is 0 Å². The Bertz CT molecular complexity index is 573. The molecule has 0 bridgehead atoms. The maximum atomic E-state index is 13.4. The molecule has 1 aliphatic heterocycles. The summed E-state index contributed by atoms with van der Waals surface area (Å²) in [6.07, 6.45) is -1.36. The van der Waals surface area contributed by atoms with E-state index in [-0.39, 0.29) is 5.97 Å². The van der Waals surface area contributed by atoms with Gasteiger partial charge in [-0.15, -0.1) is 0 Å². The Balaban J connectivity index is 3.59. The zero-order chi connectivity index (χ0) is 23.1. The van der Waals surface area contributed by atoms with Crippen LogP contribution >= 0.6 is 0 Å². The average molecular weight is 481 g/mol. The van der Waals surface area contributed by atoms with Crippen LogP contribution < -0.4 is 0 Å². The van der Waals surface area contributed by atoms with Gasteiger partial charge in [-0.1, -0.05) is 6.92 Å². The number of hydrogen-bond donors (Lipinski definition) is 0. The van der Waals surface area contributed by atoms with Gasteiger partial charge >= 0.3 is 5.97 Å². The smallest absolute Gasteiger partial charge is 0.342 e. The molecule has 0 spiro atoms. The van der Waals surface area contributed by atoms with Crippen molar-refractivity contribution in [2.75, 3.05) is 0 Å². The Hall–Kier alpha value is 0.178. The second kappa shape index (κ2) is 8.97. The van der Waals surface area contributed by atoms with E-state index in [4.69, 9.17) is 22.4 Å². The van der Waals surface area contributed by atoms with E-state index in [0.29, 0.717) is 6.42 Å². The van der Waals surface area contributed by atoms with Gasteiger partial charge in [0.2, 0.25) is 6.29 Å². The molecular weight excluding hydrogens is 437 g/mol. The van der Waals surface area contributed by atoms with Gasteiger partial charge in [0.25, 0.3) is 0 Å². The molecule has 4 unspecified atom stereocenters. The molecule has 0 amide bonds. The predicted octanol–water partition coefficient (Wildman–Crippen LogP) is 5.16. The number of esters is 1. The molecule has 1 heterocycles. The summed E-state index contributed by atoms with van der Waals surface area (Å²) in [4.78, 5) is 13.4. The van der Waals surface area contributed by atoms with Crippen LogP contribution in [0.2, 0.25) is 78.6 Å². The Morgan fingerprint density at radius 2 is 1.21 bits per heavy atom. The summed E-state index contributed by atoms with van der Waals surface area (Å²) in [6, 6.07) is 0. The van der Waals surface area contributed by atoms with Crippen molar-refractivity contribution < 1.29 is 27.2 Å². The molecule has 0 aromatic carbocycles. The normalized spacial score (nSPS) is 29.7. The van der Waals surface area contributed by atoms with E-state index in [1.54, 1.807) is 0 Å². The van der Waals surface area contributed by atoms with Crippen molar-refractivity contribution >= 4 is 39.2 Å². The van der Waals surface area contributed by atoms with Gasteiger partial charge < -0.3 is 22.4 Å². The van der Waals surface area contributed by atoms with Crippen molar-refractivity contribution in [1.29, 1.82) is 0 Å². The van der Waals surface area contributed by atoms with Crippen molar-refractivity contribution in [1.82, 2.24) is 0 Å². The monoisotopic (exact) mass is 480 g/mol. The highest BCUT2D eigenvalue weighted by molar-refractivity contribution is 6.71. The van der Waals surface area contributed by atoms with E-state index in [9.17, 15) is 4.79 Å². The molecule has 0 saturated carbocycles. The third-order valence-corrected chi connectivity index (χ3v) is 7.90. The minimum Gasteiger partial charge on any atom is -0.432 e. The Morgan fingerprint density at radius 1 is 0.759 bits per heavy atom. The van der Waals surface area contributed by atoms with Gasteiger partial charge in [0.05, 0.1) is 0 Å². The van der Waals surface area contributed by atoms with Crippen molar-refractivity contribution in [2.24, 2.45) is 0 Å². The second-order valence-corrected chi connectivity index (χ2v) is 29.6. The van der Waals surface area contributed by atoms with E-state index in [1.807, 2.05) is 6.92 Å². The predicted molar refractivity (Wildman–Crippen MR) is 128 cm³/mol. The first-order valence-electron chi connectivity index (χ1n) is 10.6. The van der Waals surface area contributed by atoms with E-state index >= 15 is 0 Å². The van der Waals surface area contributed by atoms with Crippen LogP contribution in [0.4, 0.5) is 0 Å². The van der Waals surface area contributed by atoms with Crippen molar-refractivity contribution in [2.45, 2.75) is 116 Å². The summed E-state index contributed by atoms with van der Waals surface area (Å²) in [7, 11) is -8.14. The highest BCUT2D eigenvalue weighted by Gasteiger charge is 2.61. The molecule has 1 aliphatic rings. The second-order valence-electron chi connectivity index (χ2n) is 11.8. The Kier molecular flexibility index (Phi) is 8.41. The third kappa shape index (κ3) is 8.32. The van der Waals surface area contributed by atoms with Crippen LogP contribution in [0.5, 0.6) is 0 Å². The minimum atomic E-state index is -2.10. The number of ether oxygens (including phenoxy) is 1. The molecule has 1 fully saturated rings. The molecule has 0 aromatic rings. The average Bonchev–Trinajstić information content (AvgIpc) is 2.42. The zero-order valence-electron chi connectivity index (χ0n) is 20.9. The summed E-state index contributed by atoms with van der Waals surface area (Å²) >= 11 is 0. The first kappa shape index (κ1) is 27.2. The van der Waals surface area contributed by atoms with Gasteiger partial charge in [-0.2, -0.15) is 0 Å². The van der Waals surface area contributed by atoms with E-state index < -0.39 is 57.4 Å². The van der Waals surface area contributed by atoms with Crippen LogP contribution in [-0.4, -0.2) is 63.3 Å². The number of carbonyl (C=O) groups excluding carboxylic acids is 1. The van der Waals surface area contributed by atoms with Gasteiger partial charge in [-0.05, 0) is 85.0 Å². The van der Waals surface area contributed by atoms with Gasteiger partial charge in [0.1, 0.15) is 12.2 Å². The SMILES string of the molecule is CCC1(O[Si](C)(C)C)C(=O)OC(O[Si](C)(C)C)C(O[Si](C)(C)C)C1O[Si](C)(C)C. The van der Waals surface area contributed by atoms with Gasteiger partial charge in [-0.3, -0.25) is 0 Å². The molecule has 6 nitrogen and oxygen atoms in total. The maximum Gasteiger partial charge on any atom is 0.342 e. The van der Waals surface area contributed by atoms with Crippen LogP contribution in [0, 0.1) is 0 Å². The molecule has 1 rings (SSSR count). The van der Waals surface area contributed by atoms with E-state index in [2.05, 4.69) is 78.6 Å². The summed E-state index contributed by atoms with van der Waals surface area (Å²) < 4.78 is 32.1. The fraction of sp³-hybridized carbons (Fsp3) is 0.947. The van der Waals surface area contributed by atoms with Crippen molar-refractivity contribution in [3.05, 3.63) is 0 Å². The highest BCUT2D eigenvalue weighted by Crippen LogP contribution is 2.40. The maximum absolute atomic E-state index is 13.4. The first-order chi connectivity index (χ1) is 12.7. The topological polar surface area (TPSA) is 63.2 Å². The third-order valence-electron chi connectivity index (χ3n) is 4.05. The molecule has 29 heavy (non-hydrogen) atoms. The standard InChI is InChI=1S/C19H44O6Si4/c1-14-19(25-29(11,12)13)16(23-27(5,6)7)15(22-26(2,3)4)17(21-18(19)20)24-28(8,9)10/h15-17H,14H2,1-13H3. The number of carbonyl (C=O) groups is 1. The fourth-order valence-electron chi connectivity index (χ4n) is 3.37. The van der Waals surface area contributed by atoms with E-state index in [0.717, 1.165) is 0 Å². The lowest BCUT2D eigenvalue weighted by Gasteiger charge is -2.53. The molecule has 0 N–H and O–H groups in total. The molecule has 0 radical (unpaired) electrons. The van der Waals surface area contributed by atoms with Crippen LogP contribution in [0.25, 0.3) is 0 Å².